The van der Waals surface area contributed by atoms with E-state index >= 15 is 0 Å². The molecule has 0 fully saturated rings. The maximum Gasteiger partial charge on any atom is 0.385 e. The van der Waals surface area contributed by atoms with Crippen molar-refractivity contribution in [2.45, 2.75) is 13.2 Å². The highest BCUT2D eigenvalue weighted by Gasteiger charge is 2.03. The van der Waals surface area contributed by atoms with Crippen LogP contribution in [0.4, 0.5) is 5.69 Å². The van der Waals surface area contributed by atoms with Crippen molar-refractivity contribution >= 4 is 5.69 Å². The SMILES string of the molecule is N#[N+]c1ccc(COc2ccc(CO)cc2)cc1. The van der Waals surface area contributed by atoms with Crippen LogP contribution < -0.4 is 4.74 Å². The molecule has 0 bridgehead atoms. The van der Waals surface area contributed by atoms with Crippen molar-refractivity contribution < 1.29 is 9.84 Å². The van der Waals surface area contributed by atoms with E-state index in [1.807, 2.05) is 36.4 Å². The van der Waals surface area contributed by atoms with Gasteiger partial charge in [-0.1, -0.05) is 12.1 Å². The van der Waals surface area contributed by atoms with Crippen molar-refractivity contribution in [3.05, 3.63) is 64.6 Å². The van der Waals surface area contributed by atoms with Crippen molar-refractivity contribution in [1.82, 2.24) is 0 Å². The van der Waals surface area contributed by atoms with Crippen LogP contribution in [0.15, 0.2) is 48.5 Å². The van der Waals surface area contributed by atoms with Crippen LogP contribution in [0, 0.1) is 5.39 Å². The van der Waals surface area contributed by atoms with Crippen molar-refractivity contribution in [1.29, 1.82) is 5.39 Å². The van der Waals surface area contributed by atoms with Gasteiger partial charge in [0, 0.05) is 12.1 Å². The van der Waals surface area contributed by atoms with E-state index in [1.54, 1.807) is 12.1 Å². The molecule has 0 aliphatic rings. The summed E-state index contributed by atoms with van der Waals surface area (Å²) in [5, 5.41) is 17.5. The zero-order valence-corrected chi connectivity index (χ0v) is 9.78. The van der Waals surface area contributed by atoms with E-state index in [0.29, 0.717) is 12.3 Å². The van der Waals surface area contributed by atoms with E-state index in [1.165, 1.54) is 0 Å². The van der Waals surface area contributed by atoms with Gasteiger partial charge in [-0.25, -0.2) is 0 Å². The molecule has 0 atom stereocenters. The second-order valence-electron chi connectivity index (χ2n) is 3.86. The first-order valence-corrected chi connectivity index (χ1v) is 5.58. The number of hydrogen-bond acceptors (Lipinski definition) is 3. The number of ether oxygens (including phenoxy) is 1. The standard InChI is InChI=1S/C14H13N2O2/c15-16-13-5-1-12(2-6-13)10-18-14-7-3-11(9-17)4-8-14/h1-8,17H,9-10H2/q+1. The Balaban J connectivity index is 1.95. The molecular weight excluding hydrogens is 228 g/mol. The number of hydrogen-bond donors (Lipinski definition) is 1. The van der Waals surface area contributed by atoms with Crippen LogP contribution in [0.5, 0.6) is 5.75 Å². The van der Waals surface area contributed by atoms with Crippen LogP contribution >= 0.6 is 0 Å². The largest absolute Gasteiger partial charge is 0.489 e. The number of aliphatic hydroxyl groups excluding tert-OH is 1. The Hall–Kier alpha value is -2.38. The highest BCUT2D eigenvalue weighted by Crippen LogP contribution is 2.16. The zero-order chi connectivity index (χ0) is 12.8. The Labute approximate surface area is 105 Å². The highest BCUT2D eigenvalue weighted by molar-refractivity contribution is 5.44. The van der Waals surface area contributed by atoms with Gasteiger partial charge in [0.25, 0.3) is 0 Å². The lowest BCUT2D eigenvalue weighted by molar-refractivity contribution is 0.280. The Morgan fingerprint density at radius 3 is 2.11 bits per heavy atom. The Bertz CT molecular complexity index is 542. The summed E-state index contributed by atoms with van der Waals surface area (Å²) in [6.07, 6.45) is 0. The molecule has 2 aromatic carbocycles. The molecule has 0 aromatic heterocycles. The van der Waals surface area contributed by atoms with E-state index in [2.05, 4.69) is 4.98 Å². The number of benzene rings is 2. The first-order chi connectivity index (χ1) is 8.81. The third kappa shape index (κ3) is 3.06. The van der Waals surface area contributed by atoms with Crippen molar-refractivity contribution in [2.75, 3.05) is 0 Å². The summed E-state index contributed by atoms with van der Waals surface area (Å²) in [5.74, 6) is 0.753. The molecule has 0 radical (unpaired) electrons. The van der Waals surface area contributed by atoms with Gasteiger partial charge in [-0.2, -0.15) is 0 Å². The van der Waals surface area contributed by atoms with E-state index in [-0.39, 0.29) is 6.61 Å². The van der Waals surface area contributed by atoms with Crippen LogP contribution in [0.25, 0.3) is 4.98 Å². The van der Waals surface area contributed by atoms with Gasteiger partial charge in [-0.15, -0.1) is 0 Å². The summed E-state index contributed by atoms with van der Waals surface area (Å²) >= 11 is 0. The predicted molar refractivity (Wildman–Crippen MR) is 67.9 cm³/mol. The second kappa shape index (κ2) is 5.80. The van der Waals surface area contributed by atoms with E-state index in [4.69, 9.17) is 15.2 Å². The molecule has 0 saturated carbocycles. The molecule has 0 aliphatic carbocycles. The van der Waals surface area contributed by atoms with Crippen LogP contribution in [-0.4, -0.2) is 5.11 Å². The number of nitrogens with zero attached hydrogens (tertiary/aromatic N) is 2. The van der Waals surface area contributed by atoms with E-state index < -0.39 is 0 Å². The molecule has 4 nitrogen and oxygen atoms in total. The summed E-state index contributed by atoms with van der Waals surface area (Å²) in [4.78, 5) is 3.08. The molecule has 0 saturated heterocycles. The Morgan fingerprint density at radius 1 is 0.944 bits per heavy atom. The maximum atomic E-state index is 8.92. The first kappa shape index (κ1) is 12.1. The Morgan fingerprint density at radius 2 is 1.56 bits per heavy atom. The molecule has 0 unspecified atom stereocenters. The highest BCUT2D eigenvalue weighted by atomic mass is 16.5. The maximum absolute atomic E-state index is 8.92. The molecule has 1 N–H and O–H groups in total. The van der Waals surface area contributed by atoms with Crippen molar-refractivity contribution in [3.8, 4) is 5.75 Å². The number of aliphatic hydroxyl groups is 1. The second-order valence-corrected chi connectivity index (χ2v) is 3.86. The molecule has 90 valence electrons. The van der Waals surface area contributed by atoms with Gasteiger partial charge in [0.1, 0.15) is 12.4 Å². The van der Waals surface area contributed by atoms with Gasteiger partial charge in [0.2, 0.25) is 5.39 Å². The predicted octanol–water partition coefficient (Wildman–Crippen LogP) is 3.24. The molecule has 18 heavy (non-hydrogen) atoms. The van der Waals surface area contributed by atoms with Gasteiger partial charge in [0.05, 0.1) is 6.61 Å². The van der Waals surface area contributed by atoms with Gasteiger partial charge in [-0.05, 0) is 35.4 Å². The van der Waals surface area contributed by atoms with Gasteiger partial charge in [-0.3, -0.25) is 0 Å². The topological polar surface area (TPSA) is 57.6 Å². The molecule has 0 spiro atoms. The van der Waals surface area contributed by atoms with E-state index in [0.717, 1.165) is 16.9 Å². The van der Waals surface area contributed by atoms with Gasteiger partial charge in [0.15, 0.2) is 4.98 Å². The monoisotopic (exact) mass is 241 g/mol. The smallest absolute Gasteiger partial charge is 0.385 e. The quantitative estimate of drug-likeness (QED) is 0.836. The lowest BCUT2D eigenvalue weighted by atomic mass is 10.2. The van der Waals surface area contributed by atoms with Crippen molar-refractivity contribution in [2.24, 2.45) is 0 Å². The third-order valence-electron chi connectivity index (χ3n) is 2.56. The molecule has 4 heteroatoms. The molecule has 0 aliphatic heterocycles. The van der Waals surface area contributed by atoms with Gasteiger partial charge >= 0.3 is 5.69 Å². The van der Waals surface area contributed by atoms with Gasteiger partial charge < -0.3 is 9.84 Å². The summed E-state index contributed by atoms with van der Waals surface area (Å²) in [7, 11) is 0. The summed E-state index contributed by atoms with van der Waals surface area (Å²) in [5.41, 5.74) is 2.37. The number of rotatable bonds is 4. The molecule has 2 aromatic rings. The average molecular weight is 241 g/mol. The molecule has 0 amide bonds. The van der Waals surface area contributed by atoms with Crippen LogP contribution in [0.3, 0.4) is 0 Å². The van der Waals surface area contributed by atoms with Crippen LogP contribution in [0.1, 0.15) is 11.1 Å². The minimum absolute atomic E-state index is 0.0341. The molecular formula is C14H13N2O2+. The fraction of sp³-hybridized carbons (Fsp3) is 0.143. The summed E-state index contributed by atoms with van der Waals surface area (Å²) in [6, 6.07) is 14.4. The van der Waals surface area contributed by atoms with Crippen LogP contribution in [-0.2, 0) is 13.2 Å². The number of diazo groups is 1. The summed E-state index contributed by atoms with van der Waals surface area (Å²) < 4.78 is 5.59. The minimum Gasteiger partial charge on any atom is -0.489 e. The summed E-state index contributed by atoms with van der Waals surface area (Å²) in [6.45, 7) is 0.483. The van der Waals surface area contributed by atoms with E-state index in [9.17, 15) is 0 Å². The average Bonchev–Trinajstić information content (AvgIpc) is 2.46. The minimum atomic E-state index is 0.0341. The lowest BCUT2D eigenvalue weighted by Crippen LogP contribution is -1.95. The fourth-order valence-corrected chi connectivity index (χ4v) is 1.52. The lowest BCUT2D eigenvalue weighted by Gasteiger charge is -2.06. The normalized spacial score (nSPS) is 9.78. The van der Waals surface area contributed by atoms with Crippen LogP contribution in [0.2, 0.25) is 0 Å². The molecule has 2 rings (SSSR count). The fourth-order valence-electron chi connectivity index (χ4n) is 1.52. The van der Waals surface area contributed by atoms with Crippen molar-refractivity contribution in [3.63, 3.8) is 0 Å². The third-order valence-corrected chi connectivity index (χ3v) is 2.56. The Kier molecular flexibility index (Phi) is 3.90. The first-order valence-electron chi connectivity index (χ1n) is 5.58. The molecule has 0 heterocycles. The zero-order valence-electron chi connectivity index (χ0n) is 9.78.